The molecular formula is C25H37NO6. The highest BCUT2D eigenvalue weighted by Gasteiger charge is 2.72. The molecule has 0 aliphatic heterocycles. The van der Waals surface area contributed by atoms with Crippen molar-refractivity contribution in [3.05, 3.63) is 23.8 Å². The number of hydrogen-bond acceptors (Lipinski definition) is 6. The summed E-state index contributed by atoms with van der Waals surface area (Å²) in [5.74, 6) is -1.29. The summed E-state index contributed by atoms with van der Waals surface area (Å²) in [6.45, 7) is 7.93. The summed E-state index contributed by atoms with van der Waals surface area (Å²) >= 11 is 0. The second-order valence-electron chi connectivity index (χ2n) is 10.6. The molecule has 0 radical (unpaired) electrons. The monoisotopic (exact) mass is 447 g/mol. The molecule has 1 amide bonds. The summed E-state index contributed by atoms with van der Waals surface area (Å²) in [5.41, 5.74) is -0.892. The number of rotatable bonds is 7. The van der Waals surface area contributed by atoms with Gasteiger partial charge >= 0.3 is 0 Å². The minimum absolute atomic E-state index is 0.0315. The van der Waals surface area contributed by atoms with E-state index in [0.29, 0.717) is 45.1 Å². The van der Waals surface area contributed by atoms with Crippen molar-refractivity contribution in [2.24, 2.45) is 28.6 Å². The number of fused-ring (bicyclic) bond motifs is 3. The molecule has 7 heteroatoms. The zero-order chi connectivity index (χ0) is 23.5. The Morgan fingerprint density at radius 1 is 1.34 bits per heavy atom. The number of nitrogens with one attached hydrogen (secondary N) is 1. The molecule has 3 fully saturated rings. The summed E-state index contributed by atoms with van der Waals surface area (Å²) in [6, 6.07) is 0. The van der Waals surface area contributed by atoms with Crippen LogP contribution in [-0.2, 0) is 14.3 Å². The van der Waals surface area contributed by atoms with Crippen molar-refractivity contribution in [3.8, 4) is 0 Å². The smallest absolute Gasteiger partial charge is 0.224 e. The fourth-order valence-electron chi connectivity index (χ4n) is 7.47. The number of amides is 1. The molecule has 178 valence electrons. The van der Waals surface area contributed by atoms with E-state index in [1.807, 2.05) is 6.08 Å². The minimum atomic E-state index is -1.17. The number of aliphatic hydroxyl groups excluding tert-OH is 2. The van der Waals surface area contributed by atoms with Crippen LogP contribution in [0.2, 0.25) is 0 Å². The van der Waals surface area contributed by atoms with Gasteiger partial charge in [0.15, 0.2) is 0 Å². The van der Waals surface area contributed by atoms with Gasteiger partial charge in [-0.2, -0.15) is 0 Å². The van der Waals surface area contributed by atoms with Crippen LogP contribution < -0.4 is 5.32 Å². The summed E-state index contributed by atoms with van der Waals surface area (Å²) in [7, 11) is 1.53. The van der Waals surface area contributed by atoms with Crippen LogP contribution in [0.5, 0.6) is 0 Å². The predicted molar refractivity (Wildman–Crippen MR) is 118 cm³/mol. The van der Waals surface area contributed by atoms with E-state index in [9.17, 15) is 19.8 Å². The average molecular weight is 448 g/mol. The summed E-state index contributed by atoms with van der Waals surface area (Å²) in [4.78, 5) is 26.8. The van der Waals surface area contributed by atoms with E-state index in [4.69, 9.17) is 9.84 Å². The first-order chi connectivity index (χ1) is 15.1. The molecule has 0 aromatic heterocycles. The first-order valence-corrected chi connectivity index (χ1v) is 11.8. The Labute approximate surface area is 189 Å². The van der Waals surface area contributed by atoms with Gasteiger partial charge in [0.05, 0.1) is 23.0 Å². The fourth-order valence-corrected chi connectivity index (χ4v) is 7.47. The maximum atomic E-state index is 13.7. The van der Waals surface area contributed by atoms with Crippen molar-refractivity contribution >= 4 is 11.7 Å². The van der Waals surface area contributed by atoms with E-state index in [2.05, 4.69) is 11.9 Å². The molecule has 32 heavy (non-hydrogen) atoms. The van der Waals surface area contributed by atoms with Crippen molar-refractivity contribution in [2.75, 3.05) is 20.3 Å². The second-order valence-corrected chi connectivity index (χ2v) is 10.6. The summed E-state index contributed by atoms with van der Waals surface area (Å²) < 4.78 is 5.57. The molecule has 4 aliphatic carbocycles. The zero-order valence-corrected chi connectivity index (χ0v) is 19.4. The van der Waals surface area contributed by atoms with Crippen molar-refractivity contribution in [1.82, 2.24) is 5.32 Å². The van der Waals surface area contributed by atoms with Gasteiger partial charge in [-0.05, 0) is 69.3 Å². The Balaban J connectivity index is 1.84. The normalized spacial score (nSPS) is 44.6. The fraction of sp³-hybridized carbons (Fsp3) is 0.760. The number of ether oxygens (including phenoxy) is 1. The van der Waals surface area contributed by atoms with Crippen LogP contribution in [0.3, 0.4) is 0 Å². The van der Waals surface area contributed by atoms with Crippen molar-refractivity contribution in [1.29, 1.82) is 0 Å². The molecule has 4 N–H and O–H groups in total. The third-order valence-corrected chi connectivity index (χ3v) is 9.20. The van der Waals surface area contributed by atoms with Gasteiger partial charge in [-0.1, -0.05) is 18.2 Å². The van der Waals surface area contributed by atoms with Gasteiger partial charge < -0.3 is 25.4 Å². The molecular weight excluding hydrogens is 410 g/mol. The van der Waals surface area contributed by atoms with Crippen LogP contribution in [-0.4, -0.2) is 65.1 Å². The first kappa shape index (κ1) is 23.6. The lowest BCUT2D eigenvalue weighted by molar-refractivity contribution is -0.152. The number of carbonyl (C=O) groups excluding carboxylic acids is 2. The highest BCUT2D eigenvalue weighted by molar-refractivity contribution is 5.88. The molecule has 7 nitrogen and oxygen atoms in total. The van der Waals surface area contributed by atoms with Crippen molar-refractivity contribution < 1.29 is 29.6 Å². The van der Waals surface area contributed by atoms with Crippen LogP contribution in [0.15, 0.2) is 23.8 Å². The number of allylic oxidation sites excluding steroid dienone is 1. The Morgan fingerprint density at radius 2 is 2.06 bits per heavy atom. The van der Waals surface area contributed by atoms with Gasteiger partial charge in [0.25, 0.3) is 0 Å². The highest BCUT2D eigenvalue weighted by Crippen LogP contribution is 2.73. The van der Waals surface area contributed by atoms with Crippen LogP contribution >= 0.6 is 0 Å². The molecule has 4 aliphatic rings. The maximum Gasteiger partial charge on any atom is 0.224 e. The average Bonchev–Trinajstić information content (AvgIpc) is 3.13. The summed E-state index contributed by atoms with van der Waals surface area (Å²) in [6.07, 6.45) is 3.81. The van der Waals surface area contributed by atoms with Gasteiger partial charge in [0, 0.05) is 26.2 Å². The lowest BCUT2D eigenvalue weighted by atomic mass is 9.58. The van der Waals surface area contributed by atoms with E-state index in [1.165, 1.54) is 14.0 Å². The zero-order valence-electron chi connectivity index (χ0n) is 19.4. The molecule has 0 aromatic carbocycles. The number of ketones is 1. The number of carbonyl (C=O) groups is 2. The third-order valence-electron chi connectivity index (χ3n) is 9.20. The molecule has 8 atom stereocenters. The van der Waals surface area contributed by atoms with Crippen LogP contribution in [0.4, 0.5) is 0 Å². The first-order valence-electron chi connectivity index (χ1n) is 11.8. The lowest BCUT2D eigenvalue weighted by Gasteiger charge is -2.47. The van der Waals surface area contributed by atoms with Gasteiger partial charge in [-0.15, -0.1) is 0 Å². The van der Waals surface area contributed by atoms with Gasteiger partial charge in [-0.25, -0.2) is 0 Å². The number of unbranched alkanes of at least 4 members (excludes halogenated alkanes) is 1. The number of aliphatic hydroxyl groups is 3. The van der Waals surface area contributed by atoms with Crippen LogP contribution in [0.1, 0.15) is 52.4 Å². The number of hydrogen-bond donors (Lipinski definition) is 4. The molecule has 2 bridgehead atoms. The lowest BCUT2D eigenvalue weighted by Crippen LogP contribution is -2.57. The van der Waals surface area contributed by atoms with Gasteiger partial charge in [-0.3, -0.25) is 9.59 Å². The molecule has 3 saturated carbocycles. The topological polar surface area (TPSA) is 116 Å². The highest BCUT2D eigenvalue weighted by atomic mass is 16.5. The van der Waals surface area contributed by atoms with E-state index in [0.717, 1.165) is 11.1 Å². The quantitative estimate of drug-likeness (QED) is 0.347. The Kier molecular flexibility index (Phi) is 5.94. The summed E-state index contributed by atoms with van der Waals surface area (Å²) in [5, 5.41) is 34.6. The molecule has 4 rings (SSSR count). The van der Waals surface area contributed by atoms with Gasteiger partial charge in [0.1, 0.15) is 11.9 Å². The molecule has 0 heterocycles. The van der Waals surface area contributed by atoms with Crippen molar-refractivity contribution in [2.45, 2.75) is 70.2 Å². The van der Waals surface area contributed by atoms with E-state index < -0.39 is 40.5 Å². The Hall–Kier alpha value is -1.54. The maximum absolute atomic E-state index is 13.7. The van der Waals surface area contributed by atoms with E-state index in [-0.39, 0.29) is 24.2 Å². The Bertz CT molecular complexity index is 853. The molecule has 0 aromatic rings. The third kappa shape index (κ3) is 3.08. The predicted octanol–water partition coefficient (Wildman–Crippen LogP) is 1.51. The standard InChI is InChI=1S/C25H37NO6/c1-14-12-24-13-25(14,31)8-7-17(24)16-11-18(32-4)21(29)23(3,15(2)28)19(16)20(24)22(30)26-9-5-6-10-27/h11,17-21,27,29,31H,1,5-10,12-13H2,2-4H3,(H,26,30)/t17-,18+,19+,20+,21-,23-,24-,25-/m0/s1. The minimum Gasteiger partial charge on any atom is -0.396 e. The van der Waals surface area contributed by atoms with Gasteiger partial charge in [0.2, 0.25) is 5.91 Å². The second kappa shape index (κ2) is 8.05. The van der Waals surface area contributed by atoms with Crippen molar-refractivity contribution in [3.63, 3.8) is 0 Å². The molecule has 0 saturated heterocycles. The molecule has 0 unspecified atom stereocenters. The van der Waals surface area contributed by atoms with E-state index in [1.54, 1.807) is 6.92 Å². The van der Waals surface area contributed by atoms with Crippen LogP contribution in [0.25, 0.3) is 0 Å². The largest absolute Gasteiger partial charge is 0.396 e. The SMILES string of the molecule is C=C1C[C@]23C[C@@]1(O)CC[C@H]2C1=C[C@@H](OC)[C@H](O)[C@@](C)(C(C)=O)[C@H]1[C@@H]3C(=O)NCCCCO. The number of Topliss-reactive ketones (excluding diaryl/α,β-unsaturated/α-hetero) is 1. The Morgan fingerprint density at radius 3 is 2.69 bits per heavy atom. The van der Waals surface area contributed by atoms with Crippen LogP contribution in [0, 0.1) is 28.6 Å². The molecule has 1 spiro atoms. The van der Waals surface area contributed by atoms with E-state index >= 15 is 0 Å². The number of methoxy groups -OCH3 is 1.